The van der Waals surface area contributed by atoms with Crippen LogP contribution in [0.2, 0.25) is 0 Å². The third-order valence-electron chi connectivity index (χ3n) is 1.98. The van der Waals surface area contributed by atoms with Gasteiger partial charge in [0.15, 0.2) is 0 Å². The summed E-state index contributed by atoms with van der Waals surface area (Å²) in [5, 5.41) is 2.83. The summed E-state index contributed by atoms with van der Waals surface area (Å²) in [4.78, 5) is 11.7. The number of hydrogen-bond donors (Lipinski definition) is 1. The molecule has 0 atom stereocenters. The number of amides is 1. The molecule has 0 fully saturated rings. The zero-order valence-corrected chi connectivity index (χ0v) is 13.8. The van der Waals surface area contributed by atoms with E-state index < -0.39 is 0 Å². The van der Waals surface area contributed by atoms with Gasteiger partial charge in [0.2, 0.25) is 5.91 Å². The van der Waals surface area contributed by atoms with Crippen LogP contribution >= 0.6 is 43.6 Å². The number of rotatable bonds is 6. The maximum Gasteiger partial charge on any atom is 0.234 e. The van der Waals surface area contributed by atoms with Crippen LogP contribution in [0, 0.1) is 0 Å². The lowest BCUT2D eigenvalue weighted by molar-refractivity contribution is -0.113. The summed E-state index contributed by atoms with van der Waals surface area (Å²) in [5.41, 5.74) is 0.694. The molecule has 0 unspecified atom stereocenters. The normalized spacial score (nSPS) is 9.94. The molecule has 3 nitrogen and oxygen atoms in total. The maximum absolute atomic E-state index is 11.7. The number of benzene rings is 1. The van der Waals surface area contributed by atoms with Gasteiger partial charge in [0.05, 0.1) is 23.0 Å². The first-order valence-corrected chi connectivity index (χ1v) is 7.84. The summed E-state index contributed by atoms with van der Waals surface area (Å²) < 4.78 is 6.82. The quantitative estimate of drug-likeness (QED) is 0.583. The van der Waals surface area contributed by atoms with E-state index >= 15 is 0 Å². The monoisotopic (exact) mass is 393 g/mol. The van der Waals surface area contributed by atoms with Crippen molar-refractivity contribution in [3.05, 3.63) is 33.7 Å². The first-order valence-electron chi connectivity index (χ1n) is 5.10. The Hall–Kier alpha value is -0.460. The second-order valence-electron chi connectivity index (χ2n) is 3.32. The molecule has 0 aliphatic rings. The smallest absolute Gasteiger partial charge is 0.234 e. The molecular formula is C12H13Br2NO2S. The highest BCUT2D eigenvalue weighted by molar-refractivity contribution is 9.11. The minimum absolute atomic E-state index is 0.0491. The van der Waals surface area contributed by atoms with E-state index in [4.69, 9.17) is 4.74 Å². The van der Waals surface area contributed by atoms with Gasteiger partial charge in [-0.1, -0.05) is 6.08 Å². The van der Waals surface area contributed by atoms with E-state index in [1.807, 2.05) is 6.07 Å². The van der Waals surface area contributed by atoms with E-state index in [2.05, 4.69) is 43.8 Å². The summed E-state index contributed by atoms with van der Waals surface area (Å²) in [7, 11) is 1.58. The van der Waals surface area contributed by atoms with E-state index in [0.29, 0.717) is 17.2 Å². The van der Waals surface area contributed by atoms with Gasteiger partial charge >= 0.3 is 0 Å². The van der Waals surface area contributed by atoms with Crippen LogP contribution in [-0.2, 0) is 4.79 Å². The fraction of sp³-hybridized carbons (Fsp3) is 0.250. The highest BCUT2D eigenvalue weighted by Crippen LogP contribution is 2.34. The standard InChI is InChI=1S/C12H13Br2NO2S/c1-3-4-18-7-12(16)15-10-6-11(17-2)9(14)5-8(10)13/h3,5-6H,1,4,7H2,2H3,(H,15,16). The molecule has 0 radical (unpaired) electrons. The Morgan fingerprint density at radius 3 is 2.83 bits per heavy atom. The van der Waals surface area contributed by atoms with Crippen LogP contribution < -0.4 is 10.1 Å². The molecule has 0 aliphatic heterocycles. The fourth-order valence-electron chi connectivity index (χ4n) is 1.20. The number of hydrogen-bond acceptors (Lipinski definition) is 3. The van der Waals surface area contributed by atoms with E-state index in [1.54, 1.807) is 19.3 Å². The second kappa shape index (κ2) is 7.86. The van der Waals surface area contributed by atoms with Crippen LogP contribution in [0.25, 0.3) is 0 Å². The van der Waals surface area contributed by atoms with Crippen molar-refractivity contribution >= 4 is 55.2 Å². The molecule has 0 bridgehead atoms. The van der Waals surface area contributed by atoms with E-state index in [1.165, 1.54) is 11.8 Å². The molecule has 0 aromatic heterocycles. The highest BCUT2D eigenvalue weighted by Gasteiger charge is 2.09. The fourth-order valence-corrected chi connectivity index (χ4v) is 3.00. The molecule has 0 heterocycles. The molecule has 18 heavy (non-hydrogen) atoms. The number of nitrogens with one attached hydrogen (secondary N) is 1. The SMILES string of the molecule is C=CCSCC(=O)Nc1cc(OC)c(Br)cc1Br. The highest BCUT2D eigenvalue weighted by atomic mass is 79.9. The molecule has 6 heteroatoms. The number of thioether (sulfide) groups is 1. The van der Waals surface area contributed by atoms with Gasteiger partial charge in [-0.3, -0.25) is 4.79 Å². The number of methoxy groups -OCH3 is 1. The van der Waals surface area contributed by atoms with Gasteiger partial charge in [0.1, 0.15) is 5.75 Å². The first kappa shape index (κ1) is 15.6. The minimum atomic E-state index is -0.0491. The molecule has 1 aromatic carbocycles. The Labute approximate surface area is 128 Å². The Morgan fingerprint density at radius 1 is 1.50 bits per heavy atom. The van der Waals surface area contributed by atoms with Crippen molar-refractivity contribution < 1.29 is 9.53 Å². The lowest BCUT2D eigenvalue weighted by Crippen LogP contribution is -2.14. The number of halogens is 2. The molecule has 0 saturated carbocycles. The average molecular weight is 395 g/mol. The summed E-state index contributed by atoms with van der Waals surface area (Å²) in [5.74, 6) is 1.79. The Bertz CT molecular complexity index is 452. The molecule has 1 amide bonds. The molecule has 0 aliphatic carbocycles. The molecule has 1 rings (SSSR count). The van der Waals surface area contributed by atoms with Crippen LogP contribution in [0.5, 0.6) is 5.75 Å². The van der Waals surface area contributed by atoms with Crippen molar-refractivity contribution in [1.82, 2.24) is 0 Å². The van der Waals surface area contributed by atoms with E-state index in [9.17, 15) is 4.79 Å². The predicted octanol–water partition coefficient (Wildman–Crippen LogP) is 4.08. The predicted molar refractivity (Wildman–Crippen MR) is 84.5 cm³/mol. The maximum atomic E-state index is 11.7. The second-order valence-corrected chi connectivity index (χ2v) is 6.06. The topological polar surface area (TPSA) is 38.3 Å². The van der Waals surface area contributed by atoms with Gasteiger partial charge in [-0.05, 0) is 37.9 Å². The number of anilines is 1. The largest absolute Gasteiger partial charge is 0.495 e. The molecule has 0 spiro atoms. The van der Waals surface area contributed by atoms with Crippen molar-refractivity contribution in [2.24, 2.45) is 0 Å². The van der Waals surface area contributed by atoms with Crippen molar-refractivity contribution in [2.45, 2.75) is 0 Å². The van der Waals surface area contributed by atoms with Crippen molar-refractivity contribution in [1.29, 1.82) is 0 Å². The van der Waals surface area contributed by atoms with Crippen LogP contribution in [0.4, 0.5) is 5.69 Å². The van der Waals surface area contributed by atoms with E-state index in [-0.39, 0.29) is 5.91 Å². The molecular weight excluding hydrogens is 382 g/mol. The van der Waals surface area contributed by atoms with Gasteiger partial charge in [0, 0.05) is 16.3 Å². The van der Waals surface area contributed by atoms with Gasteiger partial charge in [-0.2, -0.15) is 0 Å². The lowest BCUT2D eigenvalue weighted by atomic mass is 10.3. The van der Waals surface area contributed by atoms with Crippen LogP contribution in [0.15, 0.2) is 33.7 Å². The average Bonchev–Trinajstić information content (AvgIpc) is 2.33. The van der Waals surface area contributed by atoms with E-state index in [0.717, 1.165) is 14.7 Å². The molecule has 1 N–H and O–H groups in total. The van der Waals surface area contributed by atoms with Crippen LogP contribution in [0.1, 0.15) is 0 Å². The van der Waals surface area contributed by atoms with Gasteiger partial charge < -0.3 is 10.1 Å². The summed E-state index contributed by atoms with van der Waals surface area (Å²) in [6, 6.07) is 3.61. The van der Waals surface area contributed by atoms with Crippen molar-refractivity contribution in [3.63, 3.8) is 0 Å². The van der Waals surface area contributed by atoms with Crippen LogP contribution in [0.3, 0.4) is 0 Å². The van der Waals surface area contributed by atoms with Crippen LogP contribution in [-0.4, -0.2) is 24.5 Å². The number of ether oxygens (including phenoxy) is 1. The number of carbonyl (C=O) groups is 1. The zero-order valence-electron chi connectivity index (χ0n) is 9.83. The van der Waals surface area contributed by atoms with Crippen molar-refractivity contribution in [2.75, 3.05) is 23.9 Å². The summed E-state index contributed by atoms with van der Waals surface area (Å²) >= 11 is 8.29. The Kier molecular flexibility index (Phi) is 6.81. The molecule has 0 saturated heterocycles. The zero-order chi connectivity index (χ0) is 13.5. The minimum Gasteiger partial charge on any atom is -0.495 e. The Morgan fingerprint density at radius 2 is 2.22 bits per heavy atom. The van der Waals surface area contributed by atoms with Gasteiger partial charge in [-0.15, -0.1) is 18.3 Å². The Balaban J connectivity index is 2.71. The van der Waals surface area contributed by atoms with Crippen molar-refractivity contribution in [3.8, 4) is 5.75 Å². The van der Waals surface area contributed by atoms with Gasteiger partial charge in [0.25, 0.3) is 0 Å². The number of carbonyl (C=O) groups excluding carboxylic acids is 1. The molecule has 98 valence electrons. The third-order valence-corrected chi connectivity index (χ3v) is 4.20. The van der Waals surface area contributed by atoms with Gasteiger partial charge in [-0.25, -0.2) is 0 Å². The molecule has 1 aromatic rings. The third kappa shape index (κ3) is 4.66. The first-order chi connectivity index (χ1) is 8.58. The summed E-state index contributed by atoms with van der Waals surface area (Å²) in [6.45, 7) is 3.61. The summed E-state index contributed by atoms with van der Waals surface area (Å²) in [6.07, 6.45) is 1.77. The lowest BCUT2D eigenvalue weighted by Gasteiger charge is -2.10.